The molecule has 0 saturated carbocycles. The maximum atomic E-state index is 12.2. The fourth-order valence-corrected chi connectivity index (χ4v) is 4.42. The van der Waals surface area contributed by atoms with Crippen molar-refractivity contribution in [2.24, 2.45) is 5.41 Å². The summed E-state index contributed by atoms with van der Waals surface area (Å²) in [6, 6.07) is 0. The van der Waals surface area contributed by atoms with Crippen LogP contribution in [-0.2, 0) is 4.79 Å². The van der Waals surface area contributed by atoms with Crippen molar-refractivity contribution in [1.82, 2.24) is 0 Å². The van der Waals surface area contributed by atoms with E-state index in [4.69, 9.17) is 0 Å². The predicted molar refractivity (Wildman–Crippen MR) is 187 cm³/mol. The van der Waals surface area contributed by atoms with Crippen molar-refractivity contribution in [3.63, 3.8) is 0 Å². The molecule has 3 heteroatoms. The molecule has 0 fully saturated rings. The van der Waals surface area contributed by atoms with E-state index in [2.05, 4.69) is 83.2 Å². The van der Waals surface area contributed by atoms with Crippen LogP contribution in [0.3, 0.4) is 0 Å². The Morgan fingerprint density at radius 2 is 1.14 bits per heavy atom. The van der Waals surface area contributed by atoms with Crippen molar-refractivity contribution < 1.29 is 15.0 Å². The highest BCUT2D eigenvalue weighted by Gasteiger charge is 2.36. The summed E-state index contributed by atoms with van der Waals surface area (Å²) < 4.78 is 0. The molecule has 0 heterocycles. The predicted octanol–water partition coefficient (Wildman–Crippen LogP) is 9.89. The molecular formula is C40H54O3. The van der Waals surface area contributed by atoms with Gasteiger partial charge >= 0.3 is 0 Å². The van der Waals surface area contributed by atoms with Crippen molar-refractivity contribution in [1.29, 1.82) is 0 Å². The normalized spacial score (nSPS) is 20.6. The summed E-state index contributed by atoms with van der Waals surface area (Å²) >= 11 is 0. The van der Waals surface area contributed by atoms with Crippen LogP contribution in [0, 0.1) is 5.41 Å². The number of hydrogen-bond acceptors (Lipinski definition) is 3. The molecule has 1 aliphatic carbocycles. The number of allylic oxidation sites excluding steroid dienone is 22. The summed E-state index contributed by atoms with van der Waals surface area (Å²) in [7, 11) is 0. The highest BCUT2D eigenvalue weighted by Crippen LogP contribution is 2.39. The largest absolute Gasteiger partial charge is 0.390 e. The summed E-state index contributed by atoms with van der Waals surface area (Å²) in [6.07, 6.45) is 35.0. The van der Waals surface area contributed by atoms with Crippen molar-refractivity contribution in [2.45, 2.75) is 93.8 Å². The highest BCUT2D eigenvalue weighted by molar-refractivity contribution is 6.00. The van der Waals surface area contributed by atoms with Crippen molar-refractivity contribution in [2.75, 3.05) is 0 Å². The first-order chi connectivity index (χ1) is 20.0. The minimum Gasteiger partial charge on any atom is -0.390 e. The Kier molecular flexibility index (Phi) is 15.9. The monoisotopic (exact) mass is 582 g/mol. The van der Waals surface area contributed by atoms with Gasteiger partial charge in [0.05, 0.1) is 5.60 Å². The van der Waals surface area contributed by atoms with Gasteiger partial charge in [0.25, 0.3) is 0 Å². The number of aliphatic hydroxyl groups excluding tert-OH is 1. The third-order valence-corrected chi connectivity index (χ3v) is 7.00. The average Bonchev–Trinajstić information content (AvgIpc) is 2.88. The first kappa shape index (κ1) is 37.5. The molecule has 2 N–H and O–H groups in total. The van der Waals surface area contributed by atoms with Crippen LogP contribution in [-0.4, -0.2) is 27.7 Å². The lowest BCUT2D eigenvalue weighted by Crippen LogP contribution is -2.35. The molecular weight excluding hydrogens is 528 g/mol. The molecule has 3 nitrogen and oxygen atoms in total. The second kappa shape index (κ2) is 18.2. The average molecular weight is 583 g/mol. The van der Waals surface area contributed by atoms with Crippen LogP contribution in [0.2, 0.25) is 0 Å². The van der Waals surface area contributed by atoms with Crippen molar-refractivity contribution >= 4 is 5.78 Å². The van der Waals surface area contributed by atoms with Crippen LogP contribution >= 0.6 is 0 Å². The Labute approximate surface area is 261 Å². The number of aliphatic hydroxyl groups is 2. The molecule has 0 radical (unpaired) electrons. The van der Waals surface area contributed by atoms with Crippen LogP contribution in [0.4, 0.5) is 0 Å². The number of rotatable bonds is 13. The molecule has 1 aliphatic rings. The van der Waals surface area contributed by atoms with E-state index in [0.717, 1.165) is 33.4 Å². The first-order valence-electron chi connectivity index (χ1n) is 15.1. The third kappa shape index (κ3) is 16.0. The molecule has 43 heavy (non-hydrogen) atoms. The van der Waals surface area contributed by atoms with Gasteiger partial charge in [-0.15, -0.1) is 0 Å². The van der Waals surface area contributed by atoms with Gasteiger partial charge in [0.1, 0.15) is 6.10 Å². The first-order valence-corrected chi connectivity index (χ1v) is 15.1. The molecule has 0 spiro atoms. The fraction of sp³-hybridized carbons (Fsp3) is 0.375. The topological polar surface area (TPSA) is 57.5 Å². The van der Waals surface area contributed by atoms with Gasteiger partial charge in [0.2, 0.25) is 0 Å². The van der Waals surface area contributed by atoms with E-state index in [1.165, 1.54) is 0 Å². The van der Waals surface area contributed by atoms with Crippen LogP contribution in [0.25, 0.3) is 0 Å². The van der Waals surface area contributed by atoms with Crippen molar-refractivity contribution in [3.8, 4) is 0 Å². The van der Waals surface area contributed by atoms with E-state index >= 15 is 0 Å². The minimum absolute atomic E-state index is 0.168. The number of ketones is 1. The van der Waals surface area contributed by atoms with Gasteiger partial charge in [0, 0.05) is 0 Å². The molecule has 1 atom stereocenters. The summed E-state index contributed by atoms with van der Waals surface area (Å²) in [5.74, 6) is -0.168. The Hall–Kier alpha value is -3.53. The lowest BCUT2D eigenvalue weighted by Gasteiger charge is -2.34. The van der Waals surface area contributed by atoms with Crippen LogP contribution in [0.15, 0.2) is 142 Å². The van der Waals surface area contributed by atoms with Crippen molar-refractivity contribution in [3.05, 3.63) is 142 Å². The Bertz CT molecular complexity index is 1330. The second-order valence-corrected chi connectivity index (χ2v) is 12.8. The molecule has 0 bridgehead atoms. The molecule has 0 aromatic heterocycles. The molecule has 1 rings (SSSR count). The summed E-state index contributed by atoms with van der Waals surface area (Å²) in [5, 5.41) is 19.8. The van der Waals surface area contributed by atoms with Gasteiger partial charge < -0.3 is 10.2 Å². The maximum Gasteiger partial charge on any atom is 0.187 e. The van der Waals surface area contributed by atoms with Gasteiger partial charge in [-0.2, -0.15) is 0 Å². The summed E-state index contributed by atoms with van der Waals surface area (Å²) in [5.41, 5.74) is 6.42. The van der Waals surface area contributed by atoms with Gasteiger partial charge in [0.15, 0.2) is 5.78 Å². The zero-order valence-electron chi connectivity index (χ0n) is 28.1. The molecule has 232 valence electrons. The molecule has 0 aliphatic heterocycles. The van der Waals surface area contributed by atoms with Crippen LogP contribution < -0.4 is 0 Å². The minimum atomic E-state index is -0.899. The highest BCUT2D eigenvalue weighted by atomic mass is 16.3. The molecule has 1 unspecified atom stereocenters. The van der Waals surface area contributed by atoms with Gasteiger partial charge in [-0.1, -0.05) is 145 Å². The summed E-state index contributed by atoms with van der Waals surface area (Å²) in [6.45, 7) is 19.9. The Morgan fingerprint density at radius 3 is 1.58 bits per heavy atom. The maximum absolute atomic E-state index is 12.2. The van der Waals surface area contributed by atoms with E-state index in [1.807, 2.05) is 82.4 Å². The van der Waals surface area contributed by atoms with E-state index in [1.54, 1.807) is 6.92 Å². The molecule has 0 aromatic rings. The molecule has 0 saturated heterocycles. The fourth-order valence-electron chi connectivity index (χ4n) is 4.42. The zero-order chi connectivity index (χ0) is 32.6. The van der Waals surface area contributed by atoms with E-state index < -0.39 is 11.7 Å². The van der Waals surface area contributed by atoms with E-state index in [9.17, 15) is 15.0 Å². The Balaban J connectivity index is 2.65. The quantitative estimate of drug-likeness (QED) is 0.213. The summed E-state index contributed by atoms with van der Waals surface area (Å²) in [4.78, 5) is 12.2. The van der Waals surface area contributed by atoms with E-state index in [-0.39, 0.29) is 11.2 Å². The number of carbonyl (C=O) groups excluding carboxylic acids is 1. The second-order valence-electron chi connectivity index (χ2n) is 12.8. The standard InChI is InChI=1S/C40H54O3/c1-30(19-13-21-32(3)22-14-23-33(4)25-16-28-40(9,10)43)17-11-12-18-31(2)20-15-24-34(5)26-27-36-35(6)38(42)37(41)29-39(36,7)8/h11-27,37,41,43H,28-29H2,1-10H3. The van der Waals surface area contributed by atoms with E-state index in [0.29, 0.717) is 18.4 Å². The lowest BCUT2D eigenvalue weighted by atomic mass is 9.71. The number of Topliss-reactive ketones (excluding diaryl/α,β-unsaturated/α-hetero) is 1. The Morgan fingerprint density at radius 1 is 0.744 bits per heavy atom. The van der Waals surface area contributed by atoms with Gasteiger partial charge in [-0.05, 0) is 84.8 Å². The molecule has 0 aromatic carbocycles. The SMILES string of the molecule is CC(C=CC=C(C)C=CC=C(C)C=CCC(C)(C)O)=CC=CC=C(C)C=CC=C(C)C=CC1=C(C)C(=O)C(O)CC1(C)C. The van der Waals surface area contributed by atoms with Gasteiger partial charge in [-0.25, -0.2) is 0 Å². The van der Waals surface area contributed by atoms with Crippen LogP contribution in [0.5, 0.6) is 0 Å². The number of carbonyl (C=O) groups is 1. The smallest absolute Gasteiger partial charge is 0.187 e. The number of hydrogen-bond donors (Lipinski definition) is 2. The van der Waals surface area contributed by atoms with Gasteiger partial charge in [-0.3, -0.25) is 4.79 Å². The molecule has 0 amide bonds. The van der Waals surface area contributed by atoms with Crippen LogP contribution in [0.1, 0.15) is 82.1 Å². The lowest BCUT2D eigenvalue weighted by molar-refractivity contribution is -0.125. The third-order valence-electron chi connectivity index (χ3n) is 7.00. The zero-order valence-corrected chi connectivity index (χ0v) is 28.1.